The van der Waals surface area contributed by atoms with Gasteiger partial charge in [-0.25, -0.2) is 13.1 Å². The van der Waals surface area contributed by atoms with Crippen LogP contribution in [0.4, 0.5) is 5.69 Å². The lowest BCUT2D eigenvalue weighted by Crippen LogP contribution is -2.41. The normalized spacial score (nSPS) is 13.4. The molecular formula is C19H22N2O7S. The van der Waals surface area contributed by atoms with Crippen molar-refractivity contribution in [1.29, 1.82) is 0 Å². The van der Waals surface area contributed by atoms with E-state index in [1.807, 2.05) is 30.3 Å². The lowest BCUT2D eigenvalue weighted by Gasteiger charge is -2.25. The molecule has 0 unspecified atom stereocenters. The summed E-state index contributed by atoms with van der Waals surface area (Å²) < 4.78 is 32.6. The number of sulfonamides is 1. The number of aliphatic hydroxyl groups excluding tert-OH is 1. The topological polar surface area (TPSA) is 136 Å². The Morgan fingerprint density at radius 3 is 2.31 bits per heavy atom. The van der Waals surface area contributed by atoms with Crippen LogP contribution in [-0.4, -0.2) is 43.7 Å². The van der Waals surface area contributed by atoms with E-state index in [0.717, 1.165) is 29.8 Å². The van der Waals surface area contributed by atoms with Crippen LogP contribution >= 0.6 is 0 Å². The number of benzene rings is 2. The highest BCUT2D eigenvalue weighted by Crippen LogP contribution is 2.18. The summed E-state index contributed by atoms with van der Waals surface area (Å²) in [6.45, 7) is 0.637. The van der Waals surface area contributed by atoms with Gasteiger partial charge in [-0.3, -0.25) is 14.9 Å². The molecule has 0 aromatic heterocycles. The Morgan fingerprint density at radius 2 is 1.79 bits per heavy atom. The number of hydrogen-bond donors (Lipinski definition) is 2. The molecule has 2 aromatic carbocycles. The van der Waals surface area contributed by atoms with Crippen molar-refractivity contribution in [2.45, 2.75) is 24.3 Å². The minimum absolute atomic E-state index is 0.159. The third kappa shape index (κ3) is 6.63. The Labute approximate surface area is 168 Å². The van der Waals surface area contributed by atoms with Gasteiger partial charge in [0.05, 0.1) is 9.82 Å². The van der Waals surface area contributed by atoms with Crippen LogP contribution in [0.3, 0.4) is 0 Å². The summed E-state index contributed by atoms with van der Waals surface area (Å²) in [5.74, 6) is -1.13. The van der Waals surface area contributed by atoms with Gasteiger partial charge in [-0.05, 0) is 24.1 Å². The molecule has 0 saturated heterocycles. The van der Waals surface area contributed by atoms with E-state index in [2.05, 4.69) is 4.72 Å². The monoisotopic (exact) mass is 422 g/mol. The maximum absolute atomic E-state index is 12.5. The van der Waals surface area contributed by atoms with Gasteiger partial charge in [-0.2, -0.15) is 0 Å². The highest BCUT2D eigenvalue weighted by Gasteiger charge is 2.27. The molecule has 0 aliphatic heterocycles. The number of hydrogen-bond acceptors (Lipinski definition) is 7. The first-order valence-corrected chi connectivity index (χ1v) is 10.3. The van der Waals surface area contributed by atoms with E-state index in [1.165, 1.54) is 6.92 Å². The van der Waals surface area contributed by atoms with Gasteiger partial charge in [0.25, 0.3) is 5.69 Å². The van der Waals surface area contributed by atoms with Gasteiger partial charge < -0.3 is 9.84 Å². The van der Waals surface area contributed by atoms with Crippen LogP contribution in [0.25, 0.3) is 0 Å². The van der Waals surface area contributed by atoms with Crippen molar-refractivity contribution in [3.63, 3.8) is 0 Å². The summed E-state index contributed by atoms with van der Waals surface area (Å²) in [7, 11) is -3.99. The van der Waals surface area contributed by atoms with Crippen molar-refractivity contribution in [3.8, 4) is 0 Å². The molecule has 156 valence electrons. The maximum atomic E-state index is 12.5. The quantitative estimate of drug-likeness (QED) is 0.337. The zero-order chi connectivity index (χ0) is 21.4. The fourth-order valence-corrected chi connectivity index (χ4v) is 3.82. The van der Waals surface area contributed by atoms with Gasteiger partial charge in [0.2, 0.25) is 10.0 Å². The van der Waals surface area contributed by atoms with E-state index in [-0.39, 0.29) is 23.7 Å². The molecule has 0 radical (unpaired) electrons. The van der Waals surface area contributed by atoms with E-state index in [1.54, 1.807) is 0 Å². The van der Waals surface area contributed by atoms with Crippen molar-refractivity contribution < 1.29 is 28.0 Å². The first-order valence-electron chi connectivity index (χ1n) is 8.79. The van der Waals surface area contributed by atoms with Gasteiger partial charge in [-0.15, -0.1) is 0 Å². The van der Waals surface area contributed by atoms with E-state index in [4.69, 9.17) is 4.74 Å². The molecule has 0 aliphatic carbocycles. The minimum atomic E-state index is -3.99. The largest absolute Gasteiger partial charge is 0.461 e. The van der Waals surface area contributed by atoms with E-state index in [9.17, 15) is 28.4 Å². The number of non-ortho nitro benzene ring substituents is 1. The fraction of sp³-hybridized carbons (Fsp3) is 0.316. The highest BCUT2D eigenvalue weighted by atomic mass is 32.2. The highest BCUT2D eigenvalue weighted by molar-refractivity contribution is 7.89. The number of esters is 1. The van der Waals surface area contributed by atoms with Gasteiger partial charge in [0.1, 0.15) is 6.10 Å². The first-order chi connectivity index (χ1) is 13.7. The second-order valence-corrected chi connectivity index (χ2v) is 8.15. The summed E-state index contributed by atoms with van der Waals surface area (Å²) in [5.41, 5.74) is 0.673. The predicted octanol–water partition coefficient (Wildman–Crippen LogP) is 1.66. The molecule has 0 spiro atoms. The summed E-state index contributed by atoms with van der Waals surface area (Å²) in [6, 6.07) is 13.6. The average Bonchev–Trinajstić information content (AvgIpc) is 2.70. The summed E-state index contributed by atoms with van der Waals surface area (Å²) in [6.07, 6.45) is -0.514. The van der Waals surface area contributed by atoms with Crippen LogP contribution in [0.15, 0.2) is 59.5 Å². The second-order valence-electron chi connectivity index (χ2n) is 6.38. The van der Waals surface area contributed by atoms with Crippen LogP contribution in [0, 0.1) is 16.0 Å². The molecule has 29 heavy (non-hydrogen) atoms. The minimum Gasteiger partial charge on any atom is -0.461 e. The summed E-state index contributed by atoms with van der Waals surface area (Å²) in [4.78, 5) is 21.4. The Morgan fingerprint density at radius 1 is 1.17 bits per heavy atom. The SMILES string of the molecule is CC(=O)O[C@@H](CNS(=O)(=O)c1ccc([N+](=O)[O-])cc1)[C@@H](CO)Cc1ccccc1. The van der Waals surface area contributed by atoms with Crippen LogP contribution in [0.1, 0.15) is 12.5 Å². The number of nitro benzene ring substituents is 1. The van der Waals surface area contributed by atoms with Gasteiger partial charge in [0.15, 0.2) is 0 Å². The molecule has 2 atom stereocenters. The fourth-order valence-electron chi connectivity index (χ4n) is 2.77. The Balaban J connectivity index is 2.13. The number of carbonyl (C=O) groups is 1. The zero-order valence-corrected chi connectivity index (χ0v) is 16.5. The molecule has 2 rings (SSSR count). The Kier molecular flexibility index (Phi) is 7.82. The van der Waals surface area contributed by atoms with E-state index >= 15 is 0 Å². The first kappa shape index (κ1) is 22.5. The second kappa shape index (κ2) is 10.1. The smallest absolute Gasteiger partial charge is 0.302 e. The summed E-state index contributed by atoms with van der Waals surface area (Å²) >= 11 is 0. The van der Waals surface area contributed by atoms with E-state index < -0.39 is 32.9 Å². The number of nitrogens with one attached hydrogen (secondary N) is 1. The predicted molar refractivity (Wildman–Crippen MR) is 105 cm³/mol. The van der Waals surface area contributed by atoms with Gasteiger partial charge >= 0.3 is 5.97 Å². The maximum Gasteiger partial charge on any atom is 0.302 e. The molecule has 0 aliphatic rings. The van der Waals surface area contributed by atoms with Crippen molar-refractivity contribution in [3.05, 3.63) is 70.3 Å². The molecule has 2 N–H and O–H groups in total. The van der Waals surface area contributed by atoms with Crippen molar-refractivity contribution in [2.24, 2.45) is 5.92 Å². The molecule has 0 bridgehead atoms. The number of aliphatic hydroxyl groups is 1. The number of rotatable bonds is 10. The Hall–Kier alpha value is -2.82. The lowest BCUT2D eigenvalue weighted by atomic mass is 9.94. The molecule has 0 amide bonds. The van der Waals surface area contributed by atoms with Crippen molar-refractivity contribution >= 4 is 21.7 Å². The zero-order valence-electron chi connectivity index (χ0n) is 15.7. The molecule has 0 heterocycles. The van der Waals surface area contributed by atoms with Crippen LogP contribution in [0.5, 0.6) is 0 Å². The molecular weight excluding hydrogens is 400 g/mol. The van der Waals surface area contributed by atoms with Crippen molar-refractivity contribution in [2.75, 3.05) is 13.2 Å². The number of nitro groups is 1. The van der Waals surface area contributed by atoms with Gasteiger partial charge in [0, 0.05) is 38.1 Å². The third-order valence-electron chi connectivity index (χ3n) is 4.25. The van der Waals surface area contributed by atoms with E-state index in [0.29, 0.717) is 6.42 Å². The number of nitrogens with zero attached hydrogens (tertiary/aromatic N) is 1. The summed E-state index contributed by atoms with van der Waals surface area (Å²) in [5, 5.41) is 20.5. The third-order valence-corrected chi connectivity index (χ3v) is 5.69. The average molecular weight is 422 g/mol. The lowest BCUT2D eigenvalue weighted by molar-refractivity contribution is -0.384. The Bertz CT molecular complexity index is 931. The van der Waals surface area contributed by atoms with Crippen LogP contribution < -0.4 is 4.72 Å². The molecule has 0 saturated carbocycles. The molecule has 2 aromatic rings. The molecule has 9 nitrogen and oxygen atoms in total. The van der Waals surface area contributed by atoms with Crippen LogP contribution in [-0.2, 0) is 26.0 Å². The molecule has 0 fully saturated rings. The number of carbonyl (C=O) groups excluding carboxylic acids is 1. The number of ether oxygens (including phenoxy) is 1. The van der Waals surface area contributed by atoms with Gasteiger partial charge in [-0.1, -0.05) is 30.3 Å². The standard InChI is InChI=1S/C19H22N2O7S/c1-14(23)28-19(16(13-22)11-15-5-3-2-4-6-15)12-20-29(26,27)18-9-7-17(8-10-18)21(24)25/h2-10,16,19-20,22H,11-13H2,1H3/t16-,19+/m1/s1. The molecule has 10 heteroatoms. The van der Waals surface area contributed by atoms with Crippen LogP contribution in [0.2, 0.25) is 0 Å². The van der Waals surface area contributed by atoms with Crippen molar-refractivity contribution in [1.82, 2.24) is 4.72 Å².